The summed E-state index contributed by atoms with van der Waals surface area (Å²) in [5.41, 5.74) is 1.38. The van der Waals surface area contributed by atoms with Crippen LogP contribution in [-0.2, 0) is 9.59 Å². The predicted molar refractivity (Wildman–Crippen MR) is 99.5 cm³/mol. The van der Waals surface area contributed by atoms with E-state index in [9.17, 15) is 9.59 Å². The lowest BCUT2D eigenvalue weighted by molar-refractivity contribution is -0.138. The van der Waals surface area contributed by atoms with Crippen LogP contribution in [-0.4, -0.2) is 29.8 Å². The maximum absolute atomic E-state index is 12.0. The number of hydrogen-bond donors (Lipinski definition) is 2. The number of ether oxygens (including phenoxy) is 1. The largest absolute Gasteiger partial charge is 0.497 e. The molecule has 25 heavy (non-hydrogen) atoms. The number of amides is 1. The van der Waals surface area contributed by atoms with Crippen LogP contribution in [0.3, 0.4) is 0 Å². The third-order valence-electron chi connectivity index (χ3n) is 3.72. The molecule has 1 unspecified atom stereocenters. The molecular formula is C19H21NO4S. The molecule has 1 amide bonds. The monoisotopic (exact) mass is 359 g/mol. The van der Waals surface area contributed by atoms with Crippen LogP contribution in [0.1, 0.15) is 24.8 Å². The smallest absolute Gasteiger partial charge is 0.310 e. The Morgan fingerprint density at radius 1 is 1.12 bits per heavy atom. The van der Waals surface area contributed by atoms with E-state index in [0.29, 0.717) is 23.4 Å². The van der Waals surface area contributed by atoms with E-state index in [-0.39, 0.29) is 5.91 Å². The molecule has 2 aromatic rings. The fraction of sp³-hybridized carbons (Fsp3) is 0.263. The van der Waals surface area contributed by atoms with Crippen molar-refractivity contribution in [3.8, 4) is 5.75 Å². The Labute approximate surface area is 151 Å². The Morgan fingerprint density at radius 3 is 2.32 bits per heavy atom. The summed E-state index contributed by atoms with van der Waals surface area (Å²) in [5.74, 6) is -0.0208. The minimum Gasteiger partial charge on any atom is -0.497 e. The van der Waals surface area contributed by atoms with Crippen LogP contribution in [0, 0.1) is 0 Å². The van der Waals surface area contributed by atoms with Crippen molar-refractivity contribution in [2.45, 2.75) is 24.2 Å². The molecule has 0 aliphatic heterocycles. The van der Waals surface area contributed by atoms with Crippen molar-refractivity contribution in [3.63, 3.8) is 0 Å². The number of benzene rings is 2. The highest BCUT2D eigenvalue weighted by atomic mass is 32.2. The lowest BCUT2D eigenvalue weighted by Gasteiger charge is -2.09. The number of aliphatic carboxylic acids is 1. The molecule has 1 atom stereocenters. The van der Waals surface area contributed by atoms with Gasteiger partial charge >= 0.3 is 5.97 Å². The molecule has 2 rings (SSSR count). The maximum atomic E-state index is 12.0. The lowest BCUT2D eigenvalue weighted by atomic mass is 10.0. The summed E-state index contributed by atoms with van der Waals surface area (Å²) in [6, 6.07) is 14.6. The van der Waals surface area contributed by atoms with E-state index >= 15 is 0 Å². The van der Waals surface area contributed by atoms with Gasteiger partial charge in [-0.25, -0.2) is 0 Å². The quantitative estimate of drug-likeness (QED) is 0.697. The van der Waals surface area contributed by atoms with E-state index in [1.807, 2.05) is 24.3 Å². The highest BCUT2D eigenvalue weighted by molar-refractivity contribution is 7.99. The third kappa shape index (κ3) is 5.83. The van der Waals surface area contributed by atoms with Gasteiger partial charge in [0.2, 0.25) is 5.91 Å². The fourth-order valence-corrected chi connectivity index (χ4v) is 3.01. The number of carbonyl (C=O) groups excluding carboxylic acids is 1. The number of thioether (sulfide) groups is 1. The molecule has 0 saturated heterocycles. The van der Waals surface area contributed by atoms with Gasteiger partial charge in [0.1, 0.15) is 5.75 Å². The van der Waals surface area contributed by atoms with Crippen molar-refractivity contribution in [1.82, 2.24) is 0 Å². The molecule has 0 heterocycles. The van der Waals surface area contributed by atoms with Crippen molar-refractivity contribution < 1.29 is 19.4 Å². The van der Waals surface area contributed by atoms with Crippen molar-refractivity contribution >= 4 is 29.3 Å². The van der Waals surface area contributed by atoms with Crippen LogP contribution in [0.4, 0.5) is 5.69 Å². The molecule has 132 valence electrons. The number of carboxylic acid groups (broad SMARTS) is 1. The molecule has 0 aromatic heterocycles. The normalized spacial score (nSPS) is 11.6. The van der Waals surface area contributed by atoms with E-state index < -0.39 is 11.9 Å². The summed E-state index contributed by atoms with van der Waals surface area (Å²) >= 11 is 1.61. The molecule has 5 nitrogen and oxygen atoms in total. The van der Waals surface area contributed by atoms with E-state index in [1.165, 1.54) is 0 Å². The number of carboxylic acids is 1. The van der Waals surface area contributed by atoms with Crippen molar-refractivity contribution in [2.24, 2.45) is 0 Å². The van der Waals surface area contributed by atoms with Gasteiger partial charge in [-0.1, -0.05) is 12.1 Å². The first-order chi connectivity index (χ1) is 12.0. The number of hydrogen-bond acceptors (Lipinski definition) is 4. The van der Waals surface area contributed by atoms with E-state index in [2.05, 4.69) is 5.32 Å². The molecule has 2 N–H and O–H groups in total. The van der Waals surface area contributed by atoms with Gasteiger partial charge in [0.05, 0.1) is 13.0 Å². The fourth-order valence-electron chi connectivity index (χ4n) is 2.15. The zero-order valence-corrected chi connectivity index (χ0v) is 15.0. The van der Waals surface area contributed by atoms with Crippen LogP contribution in [0.2, 0.25) is 0 Å². The Morgan fingerprint density at radius 2 is 1.76 bits per heavy atom. The second-order valence-electron chi connectivity index (χ2n) is 5.50. The van der Waals surface area contributed by atoms with Gasteiger partial charge in [-0.3, -0.25) is 9.59 Å². The standard InChI is InChI=1S/C19H21NO4S/c1-13(19(22)23)14-3-5-15(6-4-14)20-18(21)11-12-25-17-9-7-16(24-2)8-10-17/h3-10,13H,11-12H2,1-2H3,(H,20,21)(H,22,23). The zero-order chi connectivity index (χ0) is 18.2. The van der Waals surface area contributed by atoms with Gasteiger partial charge in [0.25, 0.3) is 0 Å². The SMILES string of the molecule is COc1ccc(SCCC(=O)Nc2ccc(C(C)C(=O)O)cc2)cc1. The molecule has 0 fully saturated rings. The van der Waals surface area contributed by atoms with Gasteiger partial charge in [-0.2, -0.15) is 0 Å². The average Bonchev–Trinajstić information content (AvgIpc) is 2.62. The van der Waals surface area contributed by atoms with Crippen molar-refractivity contribution in [1.29, 1.82) is 0 Å². The summed E-state index contributed by atoms with van der Waals surface area (Å²) in [5, 5.41) is 11.8. The highest BCUT2D eigenvalue weighted by Gasteiger charge is 2.13. The zero-order valence-electron chi connectivity index (χ0n) is 14.2. The number of anilines is 1. The van der Waals surface area contributed by atoms with Crippen LogP contribution < -0.4 is 10.1 Å². The van der Waals surface area contributed by atoms with E-state index in [4.69, 9.17) is 9.84 Å². The molecule has 0 radical (unpaired) electrons. The topological polar surface area (TPSA) is 75.6 Å². The van der Waals surface area contributed by atoms with Crippen LogP contribution in [0.5, 0.6) is 5.75 Å². The molecule has 0 aliphatic carbocycles. The van der Waals surface area contributed by atoms with Gasteiger partial charge in [-0.05, 0) is 48.9 Å². The maximum Gasteiger partial charge on any atom is 0.310 e. The van der Waals surface area contributed by atoms with E-state index in [0.717, 1.165) is 10.6 Å². The molecule has 0 spiro atoms. The van der Waals surface area contributed by atoms with Gasteiger partial charge in [0, 0.05) is 22.8 Å². The van der Waals surface area contributed by atoms with Crippen LogP contribution in [0.15, 0.2) is 53.4 Å². The second-order valence-corrected chi connectivity index (χ2v) is 6.67. The molecular weight excluding hydrogens is 338 g/mol. The Hall–Kier alpha value is -2.47. The lowest BCUT2D eigenvalue weighted by Crippen LogP contribution is -2.12. The summed E-state index contributed by atoms with van der Waals surface area (Å²) in [4.78, 5) is 24.0. The molecule has 0 aliphatic rings. The summed E-state index contributed by atoms with van der Waals surface area (Å²) in [6.45, 7) is 1.63. The third-order valence-corrected chi connectivity index (χ3v) is 4.74. The van der Waals surface area contributed by atoms with Crippen LogP contribution >= 0.6 is 11.8 Å². The van der Waals surface area contributed by atoms with Crippen LogP contribution in [0.25, 0.3) is 0 Å². The molecule has 0 saturated carbocycles. The second kappa shape index (κ2) is 9.13. The first kappa shape index (κ1) is 18.9. The number of methoxy groups -OCH3 is 1. The Balaban J connectivity index is 1.78. The highest BCUT2D eigenvalue weighted by Crippen LogP contribution is 2.22. The Bertz CT molecular complexity index is 713. The van der Waals surface area contributed by atoms with E-state index in [1.54, 1.807) is 50.1 Å². The number of carbonyl (C=O) groups is 2. The average molecular weight is 359 g/mol. The molecule has 6 heteroatoms. The summed E-state index contributed by atoms with van der Waals surface area (Å²) < 4.78 is 5.11. The summed E-state index contributed by atoms with van der Waals surface area (Å²) in [7, 11) is 1.63. The minimum absolute atomic E-state index is 0.0694. The minimum atomic E-state index is -0.868. The first-order valence-corrected chi connectivity index (χ1v) is 8.87. The van der Waals surface area contributed by atoms with Gasteiger partial charge < -0.3 is 15.2 Å². The summed E-state index contributed by atoms with van der Waals surface area (Å²) in [6.07, 6.45) is 0.393. The number of nitrogens with one attached hydrogen (secondary N) is 1. The first-order valence-electron chi connectivity index (χ1n) is 7.89. The molecule has 2 aromatic carbocycles. The number of rotatable bonds is 8. The predicted octanol–water partition coefficient (Wildman–Crippen LogP) is 4.00. The van der Waals surface area contributed by atoms with Crippen molar-refractivity contribution in [3.05, 3.63) is 54.1 Å². The van der Waals surface area contributed by atoms with Gasteiger partial charge in [-0.15, -0.1) is 11.8 Å². The van der Waals surface area contributed by atoms with Gasteiger partial charge in [0.15, 0.2) is 0 Å². The van der Waals surface area contributed by atoms with Crippen molar-refractivity contribution in [2.75, 3.05) is 18.2 Å². The Kier molecular flexibility index (Phi) is 6.89. The molecule has 0 bridgehead atoms.